The Bertz CT molecular complexity index is 1640. The van der Waals surface area contributed by atoms with E-state index >= 15 is 0 Å². The van der Waals surface area contributed by atoms with Crippen LogP contribution in [0.4, 0.5) is 0 Å². The smallest absolute Gasteiger partial charge is 0.181 e. The minimum Gasteiger partial charge on any atom is -0.451 e. The van der Waals surface area contributed by atoms with Crippen molar-refractivity contribution < 1.29 is 8.83 Å². The Morgan fingerprint density at radius 1 is 0.417 bits per heavy atom. The van der Waals surface area contributed by atoms with E-state index in [1.807, 2.05) is 0 Å². The van der Waals surface area contributed by atoms with E-state index in [2.05, 4.69) is 107 Å². The van der Waals surface area contributed by atoms with Crippen LogP contribution in [0.25, 0.3) is 66.3 Å². The van der Waals surface area contributed by atoms with Crippen molar-refractivity contribution in [2.45, 2.75) is 0 Å². The van der Waals surface area contributed by atoms with Gasteiger partial charge in [0.1, 0.15) is 23.9 Å². The molecule has 0 spiro atoms. The Morgan fingerprint density at radius 3 is 1.17 bits per heavy atom. The summed E-state index contributed by atoms with van der Waals surface area (Å²) in [4.78, 5) is 8.70. The van der Waals surface area contributed by atoms with Crippen molar-refractivity contribution in [2.24, 2.45) is 0 Å². The highest BCUT2D eigenvalue weighted by atomic mass is 16.3. The van der Waals surface area contributed by atoms with Crippen molar-refractivity contribution >= 4 is 21.5 Å². The van der Waals surface area contributed by atoms with E-state index in [0.29, 0.717) is 0 Å². The molecule has 7 aromatic rings. The molecule has 0 fully saturated rings. The third-order valence-electron chi connectivity index (χ3n) is 6.69. The average molecular weight is 465 g/mol. The molecule has 2 heterocycles. The zero-order chi connectivity index (χ0) is 23.9. The van der Waals surface area contributed by atoms with Crippen LogP contribution >= 0.6 is 0 Å². The molecule has 5 aromatic carbocycles. The van der Waals surface area contributed by atoms with Gasteiger partial charge in [-0.25, -0.2) is 9.97 Å². The summed E-state index contributed by atoms with van der Waals surface area (Å²) in [6.45, 7) is 0. The molecule has 0 saturated carbocycles. The quantitative estimate of drug-likeness (QED) is 0.245. The molecule has 36 heavy (non-hydrogen) atoms. The maximum absolute atomic E-state index is 5.23. The molecule has 170 valence electrons. The van der Waals surface area contributed by atoms with Crippen LogP contribution in [0.2, 0.25) is 0 Å². The molecule has 0 aliphatic carbocycles. The van der Waals surface area contributed by atoms with Crippen LogP contribution in [-0.2, 0) is 0 Å². The van der Waals surface area contributed by atoms with Gasteiger partial charge in [-0.15, -0.1) is 0 Å². The summed E-state index contributed by atoms with van der Waals surface area (Å²) in [7, 11) is 0. The standard InChI is InChI=1S/C32H20N2O2/c1-2-12-26-25(11-1)31(23-9-5-7-21(15-23)29-17-35-19-33-29)27-13-3-4-14-28(27)32(26)24-10-6-8-22(16-24)30-18-36-20-34-30/h1-20H. The fourth-order valence-corrected chi connectivity index (χ4v) is 5.13. The highest BCUT2D eigenvalue weighted by Gasteiger charge is 2.17. The second-order valence-corrected chi connectivity index (χ2v) is 8.75. The van der Waals surface area contributed by atoms with Crippen LogP contribution in [0.1, 0.15) is 0 Å². The van der Waals surface area contributed by atoms with Crippen molar-refractivity contribution in [2.75, 3.05) is 0 Å². The summed E-state index contributed by atoms with van der Waals surface area (Å²) in [5.74, 6) is 0. The molecule has 0 amide bonds. The summed E-state index contributed by atoms with van der Waals surface area (Å²) in [5.41, 5.74) is 8.42. The minimum absolute atomic E-state index is 0.826. The number of aromatic nitrogens is 2. The molecule has 4 heteroatoms. The molecule has 0 saturated heterocycles. The van der Waals surface area contributed by atoms with Crippen molar-refractivity contribution in [3.8, 4) is 44.8 Å². The molecule has 0 unspecified atom stereocenters. The zero-order valence-electron chi connectivity index (χ0n) is 19.3. The van der Waals surface area contributed by atoms with Crippen LogP contribution < -0.4 is 0 Å². The minimum atomic E-state index is 0.826. The lowest BCUT2D eigenvalue weighted by atomic mass is 9.85. The Hall–Kier alpha value is -4.96. The lowest BCUT2D eigenvalue weighted by Crippen LogP contribution is -1.91. The molecule has 2 aromatic heterocycles. The van der Waals surface area contributed by atoms with E-state index in [-0.39, 0.29) is 0 Å². The average Bonchev–Trinajstić information content (AvgIpc) is 3.67. The maximum Gasteiger partial charge on any atom is 0.181 e. The van der Waals surface area contributed by atoms with Gasteiger partial charge in [0.25, 0.3) is 0 Å². The van der Waals surface area contributed by atoms with Gasteiger partial charge in [-0.1, -0.05) is 84.9 Å². The van der Waals surface area contributed by atoms with Crippen molar-refractivity contribution in [1.82, 2.24) is 9.97 Å². The normalized spacial score (nSPS) is 11.3. The second kappa shape index (κ2) is 8.36. The summed E-state index contributed by atoms with van der Waals surface area (Å²) < 4.78 is 10.5. The lowest BCUT2D eigenvalue weighted by Gasteiger charge is -2.18. The monoisotopic (exact) mass is 464 g/mol. The van der Waals surface area contributed by atoms with E-state index in [9.17, 15) is 0 Å². The molecular formula is C32H20N2O2. The fraction of sp³-hybridized carbons (Fsp3) is 0. The number of hydrogen-bond donors (Lipinski definition) is 0. The lowest BCUT2D eigenvalue weighted by molar-refractivity contribution is 0.558. The zero-order valence-corrected chi connectivity index (χ0v) is 19.3. The molecule has 0 aliphatic heterocycles. The Balaban J connectivity index is 1.54. The number of hydrogen-bond acceptors (Lipinski definition) is 4. The first-order chi connectivity index (χ1) is 17.9. The summed E-state index contributed by atoms with van der Waals surface area (Å²) in [5, 5.41) is 4.82. The number of oxazole rings is 2. The SMILES string of the molecule is c1cc(-c2cocn2)cc(-c2c3ccccc3c(-c3cccc(-c4cocn4)c3)c3ccccc23)c1. The van der Waals surface area contributed by atoms with Crippen LogP contribution in [0.3, 0.4) is 0 Å². The first-order valence-electron chi connectivity index (χ1n) is 11.8. The van der Waals surface area contributed by atoms with Gasteiger partial charge < -0.3 is 8.83 Å². The molecule has 0 aliphatic rings. The molecular weight excluding hydrogens is 444 g/mol. The summed E-state index contributed by atoms with van der Waals surface area (Å²) in [6.07, 6.45) is 6.30. The highest BCUT2D eigenvalue weighted by Crippen LogP contribution is 2.44. The Kier molecular flexibility index (Phi) is 4.74. The van der Waals surface area contributed by atoms with Crippen molar-refractivity contribution in [1.29, 1.82) is 0 Å². The van der Waals surface area contributed by atoms with Crippen LogP contribution in [0.15, 0.2) is 131 Å². The Labute approximate surface area is 207 Å². The first-order valence-corrected chi connectivity index (χ1v) is 11.8. The van der Waals surface area contributed by atoms with Gasteiger partial charge in [-0.05, 0) is 55.9 Å². The largest absolute Gasteiger partial charge is 0.451 e. The highest BCUT2D eigenvalue weighted by molar-refractivity contribution is 6.21. The topological polar surface area (TPSA) is 52.1 Å². The second-order valence-electron chi connectivity index (χ2n) is 8.75. The van der Waals surface area contributed by atoms with Crippen molar-refractivity contribution in [3.63, 3.8) is 0 Å². The predicted molar refractivity (Wildman–Crippen MR) is 143 cm³/mol. The molecule has 7 rings (SSSR count). The maximum atomic E-state index is 5.23. The molecule has 4 nitrogen and oxygen atoms in total. The third kappa shape index (κ3) is 3.31. The van der Waals surface area contributed by atoms with Gasteiger partial charge in [0.2, 0.25) is 0 Å². The van der Waals surface area contributed by atoms with E-state index in [4.69, 9.17) is 8.83 Å². The summed E-state index contributed by atoms with van der Waals surface area (Å²) in [6, 6.07) is 34.3. The molecule has 0 N–H and O–H groups in total. The van der Waals surface area contributed by atoms with E-state index < -0.39 is 0 Å². The van der Waals surface area contributed by atoms with Crippen LogP contribution in [-0.4, -0.2) is 9.97 Å². The number of benzene rings is 5. The van der Waals surface area contributed by atoms with Gasteiger partial charge in [-0.3, -0.25) is 0 Å². The van der Waals surface area contributed by atoms with Crippen LogP contribution in [0, 0.1) is 0 Å². The molecule has 0 bridgehead atoms. The number of rotatable bonds is 4. The number of fused-ring (bicyclic) bond motifs is 2. The Morgan fingerprint density at radius 2 is 0.806 bits per heavy atom. The molecule has 0 radical (unpaired) electrons. The molecule has 0 atom stereocenters. The van der Waals surface area contributed by atoms with E-state index in [1.165, 1.54) is 45.5 Å². The van der Waals surface area contributed by atoms with E-state index in [0.717, 1.165) is 33.6 Å². The van der Waals surface area contributed by atoms with Crippen molar-refractivity contribution in [3.05, 3.63) is 122 Å². The van der Waals surface area contributed by atoms with Gasteiger partial charge in [-0.2, -0.15) is 0 Å². The van der Waals surface area contributed by atoms with Gasteiger partial charge in [0.15, 0.2) is 12.8 Å². The van der Waals surface area contributed by atoms with Crippen LogP contribution in [0.5, 0.6) is 0 Å². The van der Waals surface area contributed by atoms with E-state index in [1.54, 1.807) is 12.5 Å². The van der Waals surface area contributed by atoms with Gasteiger partial charge in [0, 0.05) is 11.1 Å². The first kappa shape index (κ1) is 20.4. The predicted octanol–water partition coefficient (Wildman–Crippen LogP) is 8.64. The fourth-order valence-electron chi connectivity index (χ4n) is 5.13. The summed E-state index contributed by atoms with van der Waals surface area (Å²) >= 11 is 0. The van der Waals surface area contributed by atoms with Gasteiger partial charge >= 0.3 is 0 Å². The third-order valence-corrected chi connectivity index (χ3v) is 6.69. The van der Waals surface area contributed by atoms with Gasteiger partial charge in [0.05, 0.1) is 0 Å². The number of nitrogens with zero attached hydrogens (tertiary/aromatic N) is 2.